The molecular formula is C8H14N4O. The molecule has 2 rings (SSSR count). The molecule has 2 N–H and O–H groups in total. The quantitative estimate of drug-likeness (QED) is 0.728. The molecule has 0 amide bonds. The van der Waals surface area contributed by atoms with Crippen molar-refractivity contribution in [2.75, 3.05) is 5.73 Å². The molecule has 0 spiro atoms. The highest BCUT2D eigenvalue weighted by molar-refractivity contribution is 5.20. The minimum absolute atomic E-state index is 0.262. The maximum Gasteiger partial charge on any atom is 0.183 e. The summed E-state index contributed by atoms with van der Waals surface area (Å²) in [7, 11) is 0. The van der Waals surface area contributed by atoms with E-state index in [-0.39, 0.29) is 6.10 Å². The van der Waals surface area contributed by atoms with Crippen molar-refractivity contribution in [1.29, 1.82) is 0 Å². The van der Waals surface area contributed by atoms with Gasteiger partial charge in [0.2, 0.25) is 0 Å². The molecule has 5 heteroatoms. The fraction of sp³-hybridized carbons (Fsp3) is 0.750. The molecule has 72 valence electrons. The van der Waals surface area contributed by atoms with E-state index in [1.54, 1.807) is 0 Å². The van der Waals surface area contributed by atoms with Gasteiger partial charge in [0.15, 0.2) is 5.82 Å². The average Bonchev–Trinajstić information content (AvgIpc) is 2.54. The summed E-state index contributed by atoms with van der Waals surface area (Å²) in [4.78, 5) is 6.86. The molecule has 1 heterocycles. The largest absolute Gasteiger partial charge is 0.391 e. The lowest BCUT2D eigenvalue weighted by molar-refractivity contribution is -0.00347. The normalized spacial score (nSPS) is 18.8. The van der Waals surface area contributed by atoms with E-state index in [2.05, 4.69) is 10.3 Å². The number of nitrogens with two attached hydrogens (primary N) is 1. The monoisotopic (exact) mass is 182 g/mol. The fourth-order valence-corrected chi connectivity index (χ4v) is 1.63. The number of hydrogen-bond donors (Lipinski definition) is 1. The summed E-state index contributed by atoms with van der Waals surface area (Å²) in [6.07, 6.45) is 7.73. The van der Waals surface area contributed by atoms with Crippen molar-refractivity contribution in [1.82, 2.24) is 15.2 Å². The number of aromatic nitrogens is 3. The second-order valence-electron chi connectivity index (χ2n) is 3.40. The van der Waals surface area contributed by atoms with E-state index < -0.39 is 0 Å². The first-order chi connectivity index (χ1) is 6.36. The first-order valence-electron chi connectivity index (χ1n) is 4.69. The van der Waals surface area contributed by atoms with Crippen molar-refractivity contribution in [2.24, 2.45) is 0 Å². The highest BCUT2D eigenvalue weighted by Crippen LogP contribution is 2.18. The summed E-state index contributed by atoms with van der Waals surface area (Å²) in [6, 6.07) is 0. The van der Waals surface area contributed by atoms with Crippen molar-refractivity contribution in [3.05, 3.63) is 6.20 Å². The third-order valence-corrected chi connectivity index (χ3v) is 2.34. The molecule has 0 aromatic carbocycles. The predicted octanol–water partition coefficient (Wildman–Crippen LogP) is 0.622. The minimum Gasteiger partial charge on any atom is -0.391 e. The molecule has 1 fully saturated rings. The average molecular weight is 182 g/mol. The van der Waals surface area contributed by atoms with Gasteiger partial charge in [-0.15, -0.1) is 5.10 Å². The molecule has 13 heavy (non-hydrogen) atoms. The third-order valence-electron chi connectivity index (χ3n) is 2.34. The van der Waals surface area contributed by atoms with E-state index in [1.165, 1.54) is 30.3 Å². The summed E-state index contributed by atoms with van der Waals surface area (Å²) < 4.78 is 0. The van der Waals surface area contributed by atoms with Gasteiger partial charge in [-0.2, -0.15) is 0 Å². The van der Waals surface area contributed by atoms with Crippen LogP contribution in [-0.2, 0) is 0 Å². The Morgan fingerprint density at radius 2 is 2.15 bits per heavy atom. The Kier molecular flexibility index (Phi) is 2.33. The number of hydrogen-bond acceptors (Lipinski definition) is 4. The molecule has 5 nitrogen and oxygen atoms in total. The molecule has 0 unspecified atom stereocenters. The zero-order valence-electron chi connectivity index (χ0n) is 7.52. The second-order valence-corrected chi connectivity index (χ2v) is 3.40. The Labute approximate surface area is 76.8 Å². The van der Waals surface area contributed by atoms with Gasteiger partial charge < -0.3 is 10.6 Å². The second kappa shape index (κ2) is 3.64. The molecule has 1 aromatic heterocycles. The molecule has 0 saturated heterocycles. The van der Waals surface area contributed by atoms with E-state index in [4.69, 9.17) is 10.6 Å². The lowest BCUT2D eigenvalue weighted by atomic mass is 9.98. The van der Waals surface area contributed by atoms with Gasteiger partial charge in [0, 0.05) is 0 Å². The number of rotatable bonds is 2. The molecule has 1 aromatic rings. The van der Waals surface area contributed by atoms with Gasteiger partial charge in [0.1, 0.15) is 6.10 Å². The predicted molar refractivity (Wildman–Crippen MR) is 47.9 cm³/mol. The van der Waals surface area contributed by atoms with Gasteiger partial charge in [0.25, 0.3) is 0 Å². The van der Waals surface area contributed by atoms with Crippen LogP contribution in [0.4, 0.5) is 5.82 Å². The van der Waals surface area contributed by atoms with Crippen LogP contribution in [0.2, 0.25) is 0 Å². The Bertz CT molecular complexity index is 267. The van der Waals surface area contributed by atoms with Crippen LogP contribution < -0.4 is 10.6 Å². The van der Waals surface area contributed by atoms with Crippen LogP contribution in [0.1, 0.15) is 32.1 Å². The molecule has 0 atom stereocenters. The zero-order valence-corrected chi connectivity index (χ0v) is 7.52. The van der Waals surface area contributed by atoms with Crippen LogP contribution >= 0.6 is 0 Å². The summed E-state index contributed by atoms with van der Waals surface area (Å²) in [6.45, 7) is 0. The van der Waals surface area contributed by atoms with Gasteiger partial charge >= 0.3 is 0 Å². The molecule has 1 aliphatic carbocycles. The highest BCUT2D eigenvalue weighted by atomic mass is 16.7. The smallest absolute Gasteiger partial charge is 0.183 e. The zero-order chi connectivity index (χ0) is 9.10. The lowest BCUT2D eigenvalue weighted by Crippen LogP contribution is -2.28. The molecule has 1 saturated carbocycles. The van der Waals surface area contributed by atoms with Crippen LogP contribution in [0, 0.1) is 0 Å². The van der Waals surface area contributed by atoms with Gasteiger partial charge in [0.05, 0.1) is 6.20 Å². The molecule has 0 bridgehead atoms. The minimum atomic E-state index is 0.262. The van der Waals surface area contributed by atoms with E-state index in [1.807, 2.05) is 0 Å². The third kappa shape index (κ3) is 1.91. The Balaban J connectivity index is 1.93. The van der Waals surface area contributed by atoms with E-state index >= 15 is 0 Å². The van der Waals surface area contributed by atoms with Crippen molar-refractivity contribution >= 4 is 5.82 Å². The summed E-state index contributed by atoms with van der Waals surface area (Å²) >= 11 is 0. The van der Waals surface area contributed by atoms with Crippen LogP contribution in [0.5, 0.6) is 0 Å². The van der Waals surface area contributed by atoms with Crippen molar-refractivity contribution < 1.29 is 4.84 Å². The SMILES string of the molecule is Nc1cnnn1OC1CCCCC1. The van der Waals surface area contributed by atoms with E-state index in [0.29, 0.717) is 5.82 Å². The van der Waals surface area contributed by atoms with Crippen molar-refractivity contribution in [3.63, 3.8) is 0 Å². The Morgan fingerprint density at radius 1 is 1.38 bits per heavy atom. The first kappa shape index (κ1) is 8.34. The fourth-order valence-electron chi connectivity index (χ4n) is 1.63. The lowest BCUT2D eigenvalue weighted by Gasteiger charge is -2.21. The molecule has 1 aliphatic rings. The van der Waals surface area contributed by atoms with Crippen LogP contribution in [0.3, 0.4) is 0 Å². The van der Waals surface area contributed by atoms with Crippen LogP contribution in [0.25, 0.3) is 0 Å². The van der Waals surface area contributed by atoms with E-state index in [9.17, 15) is 0 Å². The summed E-state index contributed by atoms with van der Waals surface area (Å²) in [5.74, 6) is 0.463. The molecule has 0 radical (unpaired) electrons. The van der Waals surface area contributed by atoms with Crippen molar-refractivity contribution in [2.45, 2.75) is 38.2 Å². The van der Waals surface area contributed by atoms with Gasteiger partial charge in [-0.25, -0.2) is 0 Å². The number of nitrogens with zero attached hydrogens (tertiary/aromatic N) is 3. The maximum absolute atomic E-state index is 5.57. The van der Waals surface area contributed by atoms with Crippen LogP contribution in [0.15, 0.2) is 6.20 Å². The summed E-state index contributed by atoms with van der Waals surface area (Å²) in [5, 5.41) is 7.38. The van der Waals surface area contributed by atoms with Crippen molar-refractivity contribution in [3.8, 4) is 0 Å². The number of nitrogen functional groups attached to an aromatic ring is 1. The topological polar surface area (TPSA) is 66.0 Å². The van der Waals surface area contributed by atoms with Gasteiger partial charge in [-0.1, -0.05) is 11.3 Å². The Morgan fingerprint density at radius 3 is 2.77 bits per heavy atom. The van der Waals surface area contributed by atoms with Gasteiger partial charge in [-0.3, -0.25) is 0 Å². The molecule has 0 aliphatic heterocycles. The highest BCUT2D eigenvalue weighted by Gasteiger charge is 2.16. The van der Waals surface area contributed by atoms with E-state index in [0.717, 1.165) is 12.8 Å². The first-order valence-corrected chi connectivity index (χ1v) is 4.69. The van der Waals surface area contributed by atoms with Crippen LogP contribution in [-0.4, -0.2) is 21.3 Å². The standard InChI is InChI=1S/C8H14N4O/c9-8-6-10-11-12(8)13-7-4-2-1-3-5-7/h6-7H,1-5,9H2. The maximum atomic E-state index is 5.57. The summed E-state index contributed by atoms with van der Waals surface area (Å²) in [5.41, 5.74) is 5.57. The Hall–Kier alpha value is -1.26. The van der Waals surface area contributed by atoms with Gasteiger partial charge in [-0.05, 0) is 30.9 Å². The number of anilines is 1. The molecular weight excluding hydrogens is 168 g/mol.